The summed E-state index contributed by atoms with van der Waals surface area (Å²) in [6.45, 7) is 4.64. The van der Waals surface area contributed by atoms with Gasteiger partial charge in [-0.15, -0.1) is 0 Å². The van der Waals surface area contributed by atoms with E-state index in [1.807, 2.05) is 6.92 Å². The van der Waals surface area contributed by atoms with Gasteiger partial charge in [-0.1, -0.05) is 18.1 Å². The third-order valence-electron chi connectivity index (χ3n) is 2.34. The second-order valence-electron chi connectivity index (χ2n) is 3.85. The highest BCUT2D eigenvalue weighted by Gasteiger charge is 2.01. The first-order chi connectivity index (χ1) is 8.74. The van der Waals surface area contributed by atoms with E-state index in [2.05, 4.69) is 12.0 Å². The first kappa shape index (κ1) is 14.4. The number of alkyl halides is 1. The van der Waals surface area contributed by atoms with Gasteiger partial charge in [0.25, 0.3) is 0 Å². The van der Waals surface area contributed by atoms with Gasteiger partial charge in [0, 0.05) is 6.42 Å². The van der Waals surface area contributed by atoms with E-state index < -0.39 is 6.17 Å². The van der Waals surface area contributed by atoms with Gasteiger partial charge in [0.05, 0.1) is 13.2 Å². The van der Waals surface area contributed by atoms with Crippen LogP contribution in [-0.2, 0) is 4.74 Å². The number of rotatable bonds is 6. The SMILES string of the molecule is CCOC#CCCCOc1ccc(C(C)F)cc1. The van der Waals surface area contributed by atoms with Crippen molar-refractivity contribution in [3.8, 4) is 17.8 Å². The predicted octanol–water partition coefficient (Wildman–Crippen LogP) is 3.87. The molecule has 0 bridgehead atoms. The molecule has 0 aliphatic carbocycles. The molecular weight excluding hydrogens is 231 g/mol. The highest BCUT2D eigenvalue weighted by atomic mass is 19.1. The maximum atomic E-state index is 13.0. The summed E-state index contributed by atoms with van der Waals surface area (Å²) < 4.78 is 23.4. The first-order valence-electron chi connectivity index (χ1n) is 6.20. The monoisotopic (exact) mass is 250 g/mol. The molecule has 3 heteroatoms. The lowest BCUT2D eigenvalue weighted by atomic mass is 10.1. The second-order valence-corrected chi connectivity index (χ2v) is 3.85. The van der Waals surface area contributed by atoms with Crippen molar-refractivity contribution in [1.82, 2.24) is 0 Å². The molecule has 0 aliphatic rings. The molecule has 0 amide bonds. The summed E-state index contributed by atoms with van der Waals surface area (Å²) >= 11 is 0. The van der Waals surface area contributed by atoms with Gasteiger partial charge in [-0.25, -0.2) is 4.39 Å². The standard InChI is InChI=1S/C15H19FO2/c1-3-17-11-5-4-6-12-18-15-9-7-14(8-10-15)13(2)16/h7-10,13H,3-4,6,12H2,1-2H3. The molecule has 0 spiro atoms. The van der Waals surface area contributed by atoms with E-state index in [1.54, 1.807) is 24.3 Å². The van der Waals surface area contributed by atoms with Crippen molar-refractivity contribution in [2.45, 2.75) is 32.9 Å². The van der Waals surface area contributed by atoms with Crippen molar-refractivity contribution >= 4 is 0 Å². The van der Waals surface area contributed by atoms with Crippen molar-refractivity contribution < 1.29 is 13.9 Å². The topological polar surface area (TPSA) is 18.5 Å². The van der Waals surface area contributed by atoms with Gasteiger partial charge in [-0.3, -0.25) is 0 Å². The van der Waals surface area contributed by atoms with Gasteiger partial charge in [-0.05, 0) is 38.0 Å². The Morgan fingerprint density at radius 3 is 2.61 bits per heavy atom. The lowest BCUT2D eigenvalue weighted by molar-refractivity contribution is 0.297. The molecule has 0 N–H and O–H groups in total. The fourth-order valence-corrected chi connectivity index (χ4v) is 1.35. The van der Waals surface area contributed by atoms with Gasteiger partial charge >= 0.3 is 0 Å². The largest absolute Gasteiger partial charge is 0.494 e. The molecule has 1 atom stereocenters. The molecule has 1 rings (SSSR count). The molecule has 98 valence electrons. The van der Waals surface area contributed by atoms with Gasteiger partial charge in [-0.2, -0.15) is 0 Å². The minimum absolute atomic E-state index is 0.603. The average Bonchev–Trinajstić information content (AvgIpc) is 2.38. The third kappa shape index (κ3) is 5.58. The van der Waals surface area contributed by atoms with E-state index in [4.69, 9.17) is 9.47 Å². The highest BCUT2D eigenvalue weighted by Crippen LogP contribution is 2.19. The molecule has 0 heterocycles. The maximum absolute atomic E-state index is 13.0. The average molecular weight is 250 g/mol. The lowest BCUT2D eigenvalue weighted by Crippen LogP contribution is -1.97. The van der Waals surface area contributed by atoms with Crippen LogP contribution in [-0.4, -0.2) is 13.2 Å². The van der Waals surface area contributed by atoms with Crippen LogP contribution in [0.25, 0.3) is 0 Å². The quantitative estimate of drug-likeness (QED) is 0.563. The van der Waals surface area contributed by atoms with Gasteiger partial charge in [0.1, 0.15) is 18.0 Å². The number of hydrogen-bond acceptors (Lipinski definition) is 2. The molecular formula is C15H19FO2. The van der Waals surface area contributed by atoms with Crippen LogP contribution in [0.15, 0.2) is 24.3 Å². The summed E-state index contributed by atoms with van der Waals surface area (Å²) in [5.74, 6) is 3.66. The molecule has 18 heavy (non-hydrogen) atoms. The highest BCUT2D eigenvalue weighted by molar-refractivity contribution is 5.28. The van der Waals surface area contributed by atoms with Crippen molar-refractivity contribution in [3.05, 3.63) is 29.8 Å². The van der Waals surface area contributed by atoms with Crippen LogP contribution < -0.4 is 4.74 Å². The third-order valence-corrected chi connectivity index (χ3v) is 2.34. The zero-order valence-corrected chi connectivity index (χ0v) is 10.9. The zero-order valence-electron chi connectivity index (χ0n) is 10.9. The van der Waals surface area contributed by atoms with E-state index in [0.29, 0.717) is 18.8 Å². The zero-order chi connectivity index (χ0) is 13.2. The summed E-state index contributed by atoms with van der Waals surface area (Å²) in [5, 5.41) is 0. The molecule has 0 saturated carbocycles. The number of hydrogen-bond donors (Lipinski definition) is 0. The van der Waals surface area contributed by atoms with Crippen molar-refractivity contribution in [3.63, 3.8) is 0 Å². The van der Waals surface area contributed by atoms with Crippen molar-refractivity contribution in [2.24, 2.45) is 0 Å². The number of unbranched alkanes of at least 4 members (excludes halogenated alkanes) is 1. The van der Waals surface area contributed by atoms with Crippen LogP contribution in [0.4, 0.5) is 4.39 Å². The van der Waals surface area contributed by atoms with Crippen LogP contribution in [0, 0.1) is 12.0 Å². The van der Waals surface area contributed by atoms with Crippen LogP contribution in [0.2, 0.25) is 0 Å². The van der Waals surface area contributed by atoms with Crippen LogP contribution >= 0.6 is 0 Å². The summed E-state index contributed by atoms with van der Waals surface area (Å²) in [6.07, 6.45) is 3.27. The summed E-state index contributed by atoms with van der Waals surface area (Å²) in [4.78, 5) is 0. The fourth-order valence-electron chi connectivity index (χ4n) is 1.35. The smallest absolute Gasteiger partial charge is 0.122 e. The molecule has 0 aromatic heterocycles. The van der Waals surface area contributed by atoms with Crippen LogP contribution in [0.3, 0.4) is 0 Å². The Balaban J connectivity index is 2.22. The summed E-state index contributed by atoms with van der Waals surface area (Å²) in [5.41, 5.74) is 0.671. The lowest BCUT2D eigenvalue weighted by Gasteiger charge is -2.06. The molecule has 1 unspecified atom stereocenters. The number of ether oxygens (including phenoxy) is 2. The number of halogens is 1. The minimum Gasteiger partial charge on any atom is -0.494 e. The fraction of sp³-hybridized carbons (Fsp3) is 0.467. The second kappa shape index (κ2) is 8.41. The van der Waals surface area contributed by atoms with E-state index in [0.717, 1.165) is 18.6 Å². The van der Waals surface area contributed by atoms with Crippen molar-refractivity contribution in [1.29, 1.82) is 0 Å². The molecule has 1 aromatic carbocycles. The van der Waals surface area contributed by atoms with Crippen LogP contribution in [0.5, 0.6) is 5.75 Å². The van der Waals surface area contributed by atoms with E-state index in [-0.39, 0.29) is 0 Å². The minimum atomic E-state index is -0.937. The van der Waals surface area contributed by atoms with Crippen LogP contribution in [0.1, 0.15) is 38.4 Å². The Kier molecular flexibility index (Phi) is 6.71. The summed E-state index contributed by atoms with van der Waals surface area (Å²) in [6, 6.07) is 7.07. The molecule has 0 saturated heterocycles. The molecule has 2 nitrogen and oxygen atoms in total. The maximum Gasteiger partial charge on any atom is 0.122 e. The molecule has 0 aliphatic heterocycles. The van der Waals surface area contributed by atoms with Crippen molar-refractivity contribution in [2.75, 3.05) is 13.2 Å². The molecule has 0 fully saturated rings. The Bertz CT molecular complexity index is 387. The van der Waals surface area contributed by atoms with E-state index in [9.17, 15) is 4.39 Å². The van der Waals surface area contributed by atoms with E-state index >= 15 is 0 Å². The summed E-state index contributed by atoms with van der Waals surface area (Å²) in [7, 11) is 0. The predicted molar refractivity (Wildman–Crippen MR) is 70.1 cm³/mol. The van der Waals surface area contributed by atoms with Gasteiger partial charge < -0.3 is 9.47 Å². The Morgan fingerprint density at radius 2 is 2.00 bits per heavy atom. The van der Waals surface area contributed by atoms with Gasteiger partial charge in [0.2, 0.25) is 0 Å². The molecule has 0 radical (unpaired) electrons. The number of benzene rings is 1. The Morgan fingerprint density at radius 1 is 1.28 bits per heavy atom. The Hall–Kier alpha value is -1.69. The normalized spacial score (nSPS) is 11.3. The first-order valence-corrected chi connectivity index (χ1v) is 6.20. The van der Waals surface area contributed by atoms with E-state index in [1.165, 1.54) is 6.92 Å². The van der Waals surface area contributed by atoms with Gasteiger partial charge in [0.15, 0.2) is 0 Å². The Labute approximate surface area is 108 Å². The molecule has 1 aromatic rings.